The number of hydrogen-bond acceptors (Lipinski definition) is 4. The summed E-state index contributed by atoms with van der Waals surface area (Å²) in [6.07, 6.45) is 1.68. The van der Waals surface area contributed by atoms with Gasteiger partial charge in [-0.15, -0.1) is 0 Å². The van der Waals surface area contributed by atoms with Gasteiger partial charge in [-0.1, -0.05) is 0 Å². The lowest BCUT2D eigenvalue weighted by Gasteiger charge is -2.20. The van der Waals surface area contributed by atoms with E-state index in [1.165, 1.54) is 0 Å². The molecule has 3 aliphatic rings. The Kier molecular flexibility index (Phi) is 2.52. The normalized spacial score (nSPS) is 43.2. The van der Waals surface area contributed by atoms with Crippen molar-refractivity contribution in [1.82, 2.24) is 10.2 Å². The van der Waals surface area contributed by atoms with Gasteiger partial charge in [0.15, 0.2) is 0 Å². The number of alkyl carbamates (subject to hydrolysis) is 1. The van der Waals surface area contributed by atoms with Crippen molar-refractivity contribution in [2.24, 2.45) is 11.8 Å². The first kappa shape index (κ1) is 10.4. The number of carbonyl (C=O) groups is 1. The van der Waals surface area contributed by atoms with Crippen LogP contribution in [0.4, 0.5) is 4.79 Å². The Balaban J connectivity index is 1.53. The lowest BCUT2D eigenvalue weighted by atomic mass is 10.00. The van der Waals surface area contributed by atoms with Gasteiger partial charge >= 0.3 is 6.09 Å². The van der Waals surface area contributed by atoms with Crippen LogP contribution in [0.3, 0.4) is 0 Å². The summed E-state index contributed by atoms with van der Waals surface area (Å²) in [6, 6.07) is 0. The zero-order valence-electron chi connectivity index (χ0n) is 9.26. The molecule has 3 fully saturated rings. The molecule has 0 aromatic rings. The first-order chi connectivity index (χ1) is 7.72. The molecule has 0 bridgehead atoms. The van der Waals surface area contributed by atoms with Crippen molar-refractivity contribution in [2.75, 3.05) is 26.2 Å². The highest BCUT2D eigenvalue weighted by Gasteiger charge is 2.42. The minimum absolute atomic E-state index is 0.0107. The summed E-state index contributed by atoms with van der Waals surface area (Å²) in [5, 5.41) is 12.5. The highest BCUT2D eigenvalue weighted by atomic mass is 16.6. The molecule has 2 saturated heterocycles. The highest BCUT2D eigenvalue weighted by Crippen LogP contribution is 2.38. The third-order valence-electron chi connectivity index (χ3n) is 4.10. The van der Waals surface area contributed by atoms with Gasteiger partial charge in [0.1, 0.15) is 6.10 Å². The molecule has 5 heteroatoms. The number of ether oxygens (including phenoxy) is 1. The van der Waals surface area contributed by atoms with Crippen LogP contribution in [-0.4, -0.2) is 54.5 Å². The van der Waals surface area contributed by atoms with E-state index < -0.39 is 0 Å². The fourth-order valence-electron chi connectivity index (χ4n) is 3.30. The number of nitrogens with zero attached hydrogens (tertiary/aromatic N) is 1. The van der Waals surface area contributed by atoms with Crippen LogP contribution in [0.2, 0.25) is 0 Å². The molecule has 1 aliphatic carbocycles. The number of aliphatic hydroxyl groups excluding tert-OH is 1. The molecule has 4 atom stereocenters. The van der Waals surface area contributed by atoms with Crippen LogP contribution in [0, 0.1) is 11.8 Å². The first-order valence-corrected chi connectivity index (χ1v) is 6.07. The van der Waals surface area contributed by atoms with Crippen LogP contribution in [-0.2, 0) is 4.74 Å². The third kappa shape index (κ3) is 1.78. The van der Waals surface area contributed by atoms with Gasteiger partial charge in [0.05, 0.1) is 12.6 Å². The lowest BCUT2D eigenvalue weighted by molar-refractivity contribution is 0.100. The van der Waals surface area contributed by atoms with E-state index in [1.54, 1.807) is 0 Å². The minimum Gasteiger partial charge on any atom is -0.443 e. The van der Waals surface area contributed by atoms with E-state index in [4.69, 9.17) is 4.74 Å². The summed E-state index contributed by atoms with van der Waals surface area (Å²) in [4.78, 5) is 13.2. The molecule has 4 unspecified atom stereocenters. The van der Waals surface area contributed by atoms with E-state index in [2.05, 4.69) is 10.2 Å². The zero-order chi connectivity index (χ0) is 11.1. The van der Waals surface area contributed by atoms with Crippen molar-refractivity contribution < 1.29 is 14.6 Å². The van der Waals surface area contributed by atoms with Gasteiger partial charge in [0, 0.05) is 25.6 Å². The minimum atomic E-state index is -0.301. The van der Waals surface area contributed by atoms with Gasteiger partial charge in [-0.05, 0) is 18.8 Å². The molecule has 2 heterocycles. The number of likely N-dealkylation sites (tertiary alicyclic amines) is 1. The fourth-order valence-corrected chi connectivity index (χ4v) is 3.30. The average molecular weight is 226 g/mol. The van der Waals surface area contributed by atoms with Crippen LogP contribution in [0.5, 0.6) is 0 Å². The second-order valence-corrected chi connectivity index (χ2v) is 5.20. The molecule has 16 heavy (non-hydrogen) atoms. The Labute approximate surface area is 94.8 Å². The van der Waals surface area contributed by atoms with Crippen LogP contribution in [0.1, 0.15) is 12.8 Å². The van der Waals surface area contributed by atoms with Crippen molar-refractivity contribution in [3.63, 3.8) is 0 Å². The number of fused-ring (bicyclic) bond motifs is 1. The highest BCUT2D eigenvalue weighted by molar-refractivity contribution is 5.69. The summed E-state index contributed by atoms with van der Waals surface area (Å²) in [5.41, 5.74) is 0. The average Bonchev–Trinajstić information content (AvgIpc) is 2.88. The number of aliphatic hydroxyl groups is 1. The second kappa shape index (κ2) is 3.89. The van der Waals surface area contributed by atoms with Crippen molar-refractivity contribution >= 4 is 6.09 Å². The molecule has 0 radical (unpaired) electrons. The summed E-state index contributed by atoms with van der Waals surface area (Å²) in [6.45, 7) is 3.43. The molecule has 3 rings (SSSR count). The second-order valence-electron chi connectivity index (χ2n) is 5.20. The predicted molar refractivity (Wildman–Crippen MR) is 56.9 cm³/mol. The third-order valence-corrected chi connectivity index (χ3v) is 4.10. The summed E-state index contributed by atoms with van der Waals surface area (Å²) < 4.78 is 5.12. The molecule has 0 aromatic heterocycles. The maximum absolute atomic E-state index is 10.9. The van der Waals surface area contributed by atoms with Crippen molar-refractivity contribution in [3.8, 4) is 0 Å². The smallest absolute Gasteiger partial charge is 0.407 e. The fraction of sp³-hybridized carbons (Fsp3) is 0.909. The number of amides is 1. The van der Waals surface area contributed by atoms with Gasteiger partial charge in [0.25, 0.3) is 0 Å². The molecule has 2 aliphatic heterocycles. The maximum atomic E-state index is 10.9. The Morgan fingerprint density at radius 2 is 2.31 bits per heavy atom. The number of carbonyl (C=O) groups excluding carboxylic acids is 1. The van der Waals surface area contributed by atoms with Gasteiger partial charge in [-0.3, -0.25) is 4.90 Å². The van der Waals surface area contributed by atoms with Crippen LogP contribution >= 0.6 is 0 Å². The number of nitrogens with one attached hydrogen (secondary N) is 1. The van der Waals surface area contributed by atoms with E-state index in [1.807, 2.05) is 0 Å². The number of hydrogen-bond donors (Lipinski definition) is 2. The molecular formula is C11H18N2O3. The number of cyclic esters (lactones) is 1. The summed E-state index contributed by atoms with van der Waals surface area (Å²) in [5.74, 6) is 1.10. The Morgan fingerprint density at radius 1 is 1.44 bits per heavy atom. The van der Waals surface area contributed by atoms with E-state index in [-0.39, 0.29) is 18.3 Å². The standard InChI is InChI=1S/C11H18N2O3/c14-10-2-1-7-4-13(6-9(7)10)5-8-3-12-11(15)16-8/h7-10,14H,1-6H2,(H,12,15). The molecule has 2 N–H and O–H groups in total. The zero-order valence-corrected chi connectivity index (χ0v) is 9.26. The Hall–Kier alpha value is -0.810. The molecule has 1 amide bonds. The van der Waals surface area contributed by atoms with E-state index in [9.17, 15) is 9.90 Å². The maximum Gasteiger partial charge on any atom is 0.407 e. The molecular weight excluding hydrogens is 208 g/mol. The van der Waals surface area contributed by atoms with Gasteiger partial charge in [0.2, 0.25) is 0 Å². The van der Waals surface area contributed by atoms with Gasteiger partial charge in [-0.25, -0.2) is 4.79 Å². The van der Waals surface area contributed by atoms with Crippen LogP contribution < -0.4 is 5.32 Å². The molecule has 5 nitrogen and oxygen atoms in total. The quantitative estimate of drug-likeness (QED) is 0.684. The number of rotatable bonds is 2. The lowest BCUT2D eigenvalue weighted by Crippen LogP contribution is -2.34. The topological polar surface area (TPSA) is 61.8 Å². The largest absolute Gasteiger partial charge is 0.443 e. The van der Waals surface area contributed by atoms with Crippen molar-refractivity contribution in [1.29, 1.82) is 0 Å². The summed E-state index contributed by atoms with van der Waals surface area (Å²) in [7, 11) is 0. The summed E-state index contributed by atoms with van der Waals surface area (Å²) >= 11 is 0. The molecule has 90 valence electrons. The van der Waals surface area contributed by atoms with Crippen molar-refractivity contribution in [3.05, 3.63) is 0 Å². The predicted octanol–water partition coefficient (Wildman–Crippen LogP) is -0.203. The monoisotopic (exact) mass is 226 g/mol. The van der Waals surface area contributed by atoms with Crippen LogP contribution in [0.15, 0.2) is 0 Å². The van der Waals surface area contributed by atoms with Crippen LogP contribution in [0.25, 0.3) is 0 Å². The van der Waals surface area contributed by atoms with E-state index >= 15 is 0 Å². The van der Waals surface area contributed by atoms with Crippen molar-refractivity contribution in [2.45, 2.75) is 25.0 Å². The SMILES string of the molecule is O=C1NCC(CN2CC3CCC(O)C3C2)O1. The molecule has 0 spiro atoms. The van der Waals surface area contributed by atoms with Gasteiger partial charge in [-0.2, -0.15) is 0 Å². The Bertz CT molecular complexity index is 297. The van der Waals surface area contributed by atoms with E-state index in [0.717, 1.165) is 32.5 Å². The molecule has 1 saturated carbocycles. The first-order valence-electron chi connectivity index (χ1n) is 6.07. The molecule has 0 aromatic carbocycles. The Morgan fingerprint density at radius 3 is 3.00 bits per heavy atom. The van der Waals surface area contributed by atoms with Gasteiger partial charge < -0.3 is 15.2 Å². The van der Waals surface area contributed by atoms with E-state index in [0.29, 0.717) is 18.4 Å².